The van der Waals surface area contributed by atoms with E-state index in [0.717, 1.165) is 35.0 Å². The number of ketones is 1. The van der Waals surface area contributed by atoms with Gasteiger partial charge in [0.25, 0.3) is 0 Å². The minimum Gasteiger partial charge on any atom is -0.323 e. The predicted octanol–water partition coefficient (Wildman–Crippen LogP) is 6.12. The summed E-state index contributed by atoms with van der Waals surface area (Å²) in [5, 5.41) is 10.5. The highest BCUT2D eigenvalue weighted by Gasteiger charge is 2.15. The number of hydrogen-bond acceptors (Lipinski definition) is 5. The van der Waals surface area contributed by atoms with Crippen LogP contribution in [0.5, 0.6) is 0 Å². The zero-order valence-corrected chi connectivity index (χ0v) is 19.3. The van der Waals surface area contributed by atoms with Crippen LogP contribution in [0.25, 0.3) is 22.1 Å². The van der Waals surface area contributed by atoms with Crippen molar-refractivity contribution in [2.45, 2.75) is 31.0 Å². The second-order valence-corrected chi connectivity index (χ2v) is 9.12. The maximum Gasteiger partial charge on any atom is 0.211 e. The highest BCUT2D eigenvalue weighted by Crippen LogP contribution is 2.27. The van der Waals surface area contributed by atoms with E-state index in [0.29, 0.717) is 29.3 Å². The van der Waals surface area contributed by atoms with Crippen molar-refractivity contribution >= 4 is 39.6 Å². The number of aryl methyl sites for hydroxylation is 2. The zero-order valence-electron chi connectivity index (χ0n) is 18.5. The van der Waals surface area contributed by atoms with Gasteiger partial charge in [0.15, 0.2) is 11.4 Å². The molecule has 2 heterocycles. The monoisotopic (exact) mass is 470 g/mol. The second kappa shape index (κ2) is 10.1. The summed E-state index contributed by atoms with van der Waals surface area (Å²) in [6, 6.07) is 24.3. The van der Waals surface area contributed by atoms with E-state index in [1.807, 2.05) is 18.2 Å². The van der Waals surface area contributed by atoms with Gasteiger partial charge in [-0.3, -0.25) is 4.79 Å². The summed E-state index contributed by atoms with van der Waals surface area (Å²) in [6.45, 7) is 0.795. The van der Waals surface area contributed by atoms with Crippen molar-refractivity contribution in [2.75, 3.05) is 5.75 Å². The largest absolute Gasteiger partial charge is 0.323 e. The maximum atomic E-state index is 13.1. The van der Waals surface area contributed by atoms with Crippen LogP contribution in [-0.2, 0) is 13.0 Å². The highest BCUT2D eigenvalue weighted by atomic mass is 32.2. The number of para-hydroxylation sites is 1. The topological polar surface area (TPSA) is 60.7 Å². The lowest BCUT2D eigenvalue weighted by Gasteiger charge is -2.07. The molecule has 170 valence electrons. The molecule has 0 spiro atoms. The van der Waals surface area contributed by atoms with E-state index in [1.165, 1.54) is 41.6 Å². The third-order valence-corrected chi connectivity index (χ3v) is 6.69. The number of halogens is 1. The molecule has 0 unspecified atom stereocenters. The average molecular weight is 471 g/mol. The van der Waals surface area contributed by atoms with Crippen LogP contribution in [0.15, 0.2) is 84.0 Å². The first-order valence-corrected chi connectivity index (χ1v) is 12.2. The Morgan fingerprint density at radius 1 is 0.912 bits per heavy atom. The van der Waals surface area contributed by atoms with Crippen molar-refractivity contribution in [3.05, 3.63) is 95.8 Å². The van der Waals surface area contributed by atoms with Gasteiger partial charge in [-0.15, -0.1) is 10.2 Å². The fourth-order valence-corrected chi connectivity index (χ4v) is 4.76. The Kier molecular flexibility index (Phi) is 6.62. The molecule has 0 amide bonds. The second-order valence-electron chi connectivity index (χ2n) is 8.05. The van der Waals surface area contributed by atoms with Crippen molar-refractivity contribution in [2.24, 2.45) is 0 Å². The molecular formula is C27H23FN4OS. The van der Waals surface area contributed by atoms with Gasteiger partial charge in [-0.25, -0.2) is 9.37 Å². The van der Waals surface area contributed by atoms with Crippen LogP contribution >= 0.6 is 11.8 Å². The van der Waals surface area contributed by atoms with Crippen LogP contribution in [0.2, 0.25) is 0 Å². The Hall–Kier alpha value is -3.58. The highest BCUT2D eigenvalue weighted by molar-refractivity contribution is 7.99. The molecule has 0 aliphatic rings. The van der Waals surface area contributed by atoms with Crippen LogP contribution in [-0.4, -0.2) is 31.3 Å². The lowest BCUT2D eigenvalue weighted by Crippen LogP contribution is -2.04. The molecule has 5 nitrogen and oxygen atoms in total. The molecular weight excluding hydrogens is 447 g/mol. The Bertz CT molecular complexity index is 1430. The van der Waals surface area contributed by atoms with Gasteiger partial charge in [0.2, 0.25) is 5.16 Å². The molecule has 2 aromatic heterocycles. The fourth-order valence-electron chi connectivity index (χ4n) is 4.04. The number of carbonyl (C=O) groups excluding carboxylic acids is 1. The fraction of sp³-hybridized carbons (Fsp3) is 0.185. The molecule has 5 aromatic rings. The molecule has 0 atom stereocenters. The van der Waals surface area contributed by atoms with Crippen LogP contribution in [0, 0.1) is 5.82 Å². The van der Waals surface area contributed by atoms with Gasteiger partial charge in [-0.2, -0.15) is 0 Å². The van der Waals surface area contributed by atoms with E-state index in [2.05, 4.69) is 51.2 Å². The van der Waals surface area contributed by atoms with Crippen molar-refractivity contribution in [1.29, 1.82) is 0 Å². The first-order chi connectivity index (χ1) is 16.7. The number of carbonyl (C=O) groups is 1. The number of rotatable bonds is 9. The summed E-state index contributed by atoms with van der Waals surface area (Å²) in [6.07, 6.45) is 1.97. The van der Waals surface area contributed by atoms with Gasteiger partial charge in [0, 0.05) is 29.7 Å². The van der Waals surface area contributed by atoms with Crippen molar-refractivity contribution in [1.82, 2.24) is 19.7 Å². The van der Waals surface area contributed by atoms with Crippen LogP contribution in [0.4, 0.5) is 4.39 Å². The average Bonchev–Trinajstić information content (AvgIpc) is 3.19. The van der Waals surface area contributed by atoms with Crippen molar-refractivity contribution in [3.8, 4) is 0 Å². The quantitative estimate of drug-likeness (QED) is 0.148. The first kappa shape index (κ1) is 22.2. The molecule has 0 saturated carbocycles. The molecule has 7 heteroatoms. The summed E-state index contributed by atoms with van der Waals surface area (Å²) in [7, 11) is 0. The number of hydrogen-bond donors (Lipinski definition) is 0. The Morgan fingerprint density at radius 2 is 1.68 bits per heavy atom. The Morgan fingerprint density at radius 3 is 2.50 bits per heavy atom. The van der Waals surface area contributed by atoms with Crippen LogP contribution in [0.1, 0.15) is 28.8 Å². The van der Waals surface area contributed by atoms with E-state index in [-0.39, 0.29) is 11.6 Å². The van der Waals surface area contributed by atoms with E-state index in [9.17, 15) is 9.18 Å². The summed E-state index contributed by atoms with van der Waals surface area (Å²) < 4.78 is 15.3. The number of fused-ring (bicyclic) bond motifs is 3. The van der Waals surface area contributed by atoms with Gasteiger partial charge in [0.1, 0.15) is 11.3 Å². The van der Waals surface area contributed by atoms with Gasteiger partial charge < -0.3 is 4.57 Å². The Labute approximate surface area is 201 Å². The molecule has 0 fully saturated rings. The van der Waals surface area contributed by atoms with Gasteiger partial charge in [-0.05, 0) is 48.7 Å². The molecule has 0 aliphatic heterocycles. The van der Waals surface area contributed by atoms with E-state index in [1.54, 1.807) is 0 Å². The third kappa shape index (κ3) is 4.84. The van der Waals surface area contributed by atoms with Gasteiger partial charge in [-0.1, -0.05) is 60.3 Å². The summed E-state index contributed by atoms with van der Waals surface area (Å²) >= 11 is 1.50. The minimum absolute atomic E-state index is 0.0103. The molecule has 0 saturated heterocycles. The molecule has 3 aromatic carbocycles. The zero-order chi connectivity index (χ0) is 23.3. The summed E-state index contributed by atoms with van der Waals surface area (Å²) in [5.74, 6) is 0.370. The van der Waals surface area contributed by atoms with Crippen molar-refractivity contribution in [3.63, 3.8) is 0 Å². The molecule has 0 bridgehead atoms. The van der Waals surface area contributed by atoms with Crippen LogP contribution < -0.4 is 0 Å². The maximum absolute atomic E-state index is 13.1. The molecule has 0 radical (unpaired) electrons. The van der Waals surface area contributed by atoms with Gasteiger partial charge >= 0.3 is 0 Å². The molecule has 5 rings (SSSR count). The lowest BCUT2D eigenvalue weighted by molar-refractivity contribution is 0.0982. The lowest BCUT2D eigenvalue weighted by atomic mass is 10.1. The van der Waals surface area contributed by atoms with E-state index in [4.69, 9.17) is 4.98 Å². The van der Waals surface area contributed by atoms with E-state index >= 15 is 0 Å². The van der Waals surface area contributed by atoms with Gasteiger partial charge in [0.05, 0.1) is 5.52 Å². The number of benzene rings is 3. The Balaban J connectivity index is 1.30. The number of nitrogens with zero attached hydrogens (tertiary/aromatic N) is 4. The standard InChI is InChI=1S/C27H23FN4OS/c28-21-14-12-20(13-15-21)24(33)11-6-18-34-27-29-26-25(30-31-27)22-9-4-5-10-23(22)32(26)17-16-19-7-2-1-3-8-19/h1-5,7-10,12-15H,6,11,16-18H2. The number of Topliss-reactive ketones (excluding diaryl/α,β-unsaturated/α-hetero) is 1. The van der Waals surface area contributed by atoms with Crippen molar-refractivity contribution < 1.29 is 9.18 Å². The number of aromatic nitrogens is 4. The summed E-state index contributed by atoms with van der Waals surface area (Å²) in [4.78, 5) is 17.1. The summed E-state index contributed by atoms with van der Waals surface area (Å²) in [5.41, 5.74) is 4.54. The minimum atomic E-state index is -0.340. The third-order valence-electron chi connectivity index (χ3n) is 5.77. The first-order valence-electron chi connectivity index (χ1n) is 11.3. The normalized spacial score (nSPS) is 11.3. The SMILES string of the molecule is O=C(CCCSc1nnc2c3ccccc3n(CCc3ccccc3)c2n1)c1ccc(F)cc1. The predicted molar refractivity (Wildman–Crippen MR) is 134 cm³/mol. The van der Waals surface area contributed by atoms with Crippen LogP contribution in [0.3, 0.4) is 0 Å². The number of thioether (sulfide) groups is 1. The molecule has 34 heavy (non-hydrogen) atoms. The smallest absolute Gasteiger partial charge is 0.211 e. The molecule has 0 N–H and O–H groups in total. The van der Waals surface area contributed by atoms with E-state index < -0.39 is 0 Å². The molecule has 0 aliphatic carbocycles.